The molecular formula is C14H21FN2O. The van der Waals surface area contributed by atoms with E-state index in [-0.39, 0.29) is 11.9 Å². The molecule has 1 N–H and O–H groups in total. The summed E-state index contributed by atoms with van der Waals surface area (Å²) in [4.78, 5) is 2.40. The van der Waals surface area contributed by atoms with Crippen LogP contribution in [0, 0.1) is 5.82 Å². The number of ether oxygens (including phenoxy) is 1. The predicted molar refractivity (Wildman–Crippen MR) is 70.1 cm³/mol. The van der Waals surface area contributed by atoms with Gasteiger partial charge in [0.05, 0.1) is 13.2 Å². The molecule has 0 saturated carbocycles. The maximum Gasteiger partial charge on any atom is 0.123 e. The third-order valence-corrected chi connectivity index (χ3v) is 3.35. The highest BCUT2D eigenvalue weighted by Crippen LogP contribution is 2.12. The molecule has 1 aliphatic heterocycles. The van der Waals surface area contributed by atoms with Crippen LogP contribution in [0.3, 0.4) is 0 Å². The molecule has 0 spiro atoms. The third-order valence-electron chi connectivity index (χ3n) is 3.35. The van der Waals surface area contributed by atoms with E-state index in [1.807, 2.05) is 12.1 Å². The molecule has 18 heavy (non-hydrogen) atoms. The van der Waals surface area contributed by atoms with Gasteiger partial charge in [0.2, 0.25) is 0 Å². The topological polar surface area (TPSA) is 24.5 Å². The number of morpholine rings is 1. The van der Waals surface area contributed by atoms with Crippen molar-refractivity contribution in [2.75, 3.05) is 39.4 Å². The van der Waals surface area contributed by atoms with Crippen LogP contribution in [0.2, 0.25) is 0 Å². The van der Waals surface area contributed by atoms with E-state index < -0.39 is 0 Å². The Morgan fingerprint density at radius 3 is 2.61 bits per heavy atom. The zero-order valence-corrected chi connectivity index (χ0v) is 10.9. The second-order valence-electron chi connectivity index (χ2n) is 4.68. The Bertz CT molecular complexity index is 349. The minimum absolute atomic E-state index is 0.181. The Balaban J connectivity index is 1.70. The van der Waals surface area contributed by atoms with E-state index in [0.717, 1.165) is 45.0 Å². The second kappa shape index (κ2) is 6.83. The molecule has 1 fully saturated rings. The average molecular weight is 252 g/mol. The number of hydrogen-bond acceptors (Lipinski definition) is 3. The molecule has 0 radical (unpaired) electrons. The molecule has 3 nitrogen and oxygen atoms in total. The van der Waals surface area contributed by atoms with Gasteiger partial charge in [0.1, 0.15) is 5.82 Å². The van der Waals surface area contributed by atoms with Crippen LogP contribution < -0.4 is 5.32 Å². The van der Waals surface area contributed by atoms with Gasteiger partial charge in [-0.1, -0.05) is 12.1 Å². The summed E-state index contributed by atoms with van der Waals surface area (Å²) in [5, 5.41) is 3.46. The van der Waals surface area contributed by atoms with Crippen molar-refractivity contribution in [1.82, 2.24) is 10.2 Å². The standard InChI is InChI=1S/C14H21FN2O/c1-12(13-2-4-14(15)5-3-13)16-6-7-17-8-10-18-11-9-17/h2-5,12,16H,6-11H2,1H3. The fourth-order valence-corrected chi connectivity index (χ4v) is 2.13. The third kappa shape index (κ3) is 4.05. The lowest BCUT2D eigenvalue weighted by atomic mass is 10.1. The molecule has 0 aliphatic carbocycles. The molecule has 0 bridgehead atoms. The van der Waals surface area contributed by atoms with Gasteiger partial charge in [-0.25, -0.2) is 4.39 Å². The zero-order chi connectivity index (χ0) is 12.8. The summed E-state index contributed by atoms with van der Waals surface area (Å²) in [6, 6.07) is 6.95. The van der Waals surface area contributed by atoms with Gasteiger partial charge in [0.25, 0.3) is 0 Å². The fourth-order valence-electron chi connectivity index (χ4n) is 2.13. The highest BCUT2D eigenvalue weighted by atomic mass is 19.1. The molecular weight excluding hydrogens is 231 g/mol. The first-order valence-corrected chi connectivity index (χ1v) is 6.54. The van der Waals surface area contributed by atoms with Gasteiger partial charge in [-0.2, -0.15) is 0 Å². The summed E-state index contributed by atoms with van der Waals surface area (Å²) in [5.41, 5.74) is 1.12. The first kappa shape index (κ1) is 13.5. The maximum atomic E-state index is 12.8. The molecule has 0 aromatic heterocycles. The van der Waals surface area contributed by atoms with Gasteiger partial charge >= 0.3 is 0 Å². The Morgan fingerprint density at radius 1 is 1.28 bits per heavy atom. The van der Waals surface area contributed by atoms with E-state index in [9.17, 15) is 4.39 Å². The highest BCUT2D eigenvalue weighted by molar-refractivity contribution is 5.19. The fraction of sp³-hybridized carbons (Fsp3) is 0.571. The summed E-state index contributed by atoms with van der Waals surface area (Å²) in [7, 11) is 0. The van der Waals surface area contributed by atoms with Crippen molar-refractivity contribution < 1.29 is 9.13 Å². The highest BCUT2D eigenvalue weighted by Gasteiger charge is 2.10. The van der Waals surface area contributed by atoms with Crippen molar-refractivity contribution in [2.45, 2.75) is 13.0 Å². The number of rotatable bonds is 5. The predicted octanol–water partition coefficient (Wildman–Crippen LogP) is 1.81. The van der Waals surface area contributed by atoms with Gasteiger partial charge in [-0.05, 0) is 24.6 Å². The summed E-state index contributed by atoms with van der Waals surface area (Å²) in [5.74, 6) is -0.181. The van der Waals surface area contributed by atoms with Crippen LogP contribution in [0.25, 0.3) is 0 Å². The molecule has 1 aliphatic rings. The average Bonchev–Trinajstić information content (AvgIpc) is 2.40. The van der Waals surface area contributed by atoms with Crippen LogP contribution in [0.4, 0.5) is 4.39 Å². The number of hydrogen-bond donors (Lipinski definition) is 1. The monoisotopic (exact) mass is 252 g/mol. The maximum absolute atomic E-state index is 12.8. The Morgan fingerprint density at radius 2 is 1.94 bits per heavy atom. The Labute approximate surface area is 108 Å². The van der Waals surface area contributed by atoms with Crippen molar-refractivity contribution in [3.05, 3.63) is 35.6 Å². The summed E-state index contributed by atoms with van der Waals surface area (Å²) in [6.07, 6.45) is 0. The second-order valence-corrected chi connectivity index (χ2v) is 4.68. The molecule has 1 aromatic carbocycles. The minimum atomic E-state index is -0.181. The number of benzene rings is 1. The Hall–Kier alpha value is -0.970. The number of nitrogens with zero attached hydrogens (tertiary/aromatic N) is 1. The van der Waals surface area contributed by atoms with Gasteiger partial charge in [-0.15, -0.1) is 0 Å². The summed E-state index contributed by atoms with van der Waals surface area (Å²) in [6.45, 7) is 7.81. The molecule has 1 aromatic rings. The van der Waals surface area contributed by atoms with E-state index in [1.54, 1.807) is 0 Å². The Kier molecular flexibility index (Phi) is 5.11. The van der Waals surface area contributed by atoms with Crippen molar-refractivity contribution in [3.63, 3.8) is 0 Å². The molecule has 4 heteroatoms. The van der Waals surface area contributed by atoms with Crippen LogP contribution >= 0.6 is 0 Å². The molecule has 1 atom stereocenters. The van der Waals surface area contributed by atoms with Crippen molar-refractivity contribution in [1.29, 1.82) is 0 Å². The van der Waals surface area contributed by atoms with E-state index in [4.69, 9.17) is 4.74 Å². The minimum Gasteiger partial charge on any atom is -0.379 e. The van der Waals surface area contributed by atoms with Crippen LogP contribution in [-0.4, -0.2) is 44.3 Å². The van der Waals surface area contributed by atoms with E-state index in [2.05, 4.69) is 17.1 Å². The van der Waals surface area contributed by atoms with Gasteiger partial charge in [-0.3, -0.25) is 4.90 Å². The van der Waals surface area contributed by atoms with Gasteiger partial charge in [0, 0.05) is 32.2 Å². The van der Waals surface area contributed by atoms with E-state index >= 15 is 0 Å². The normalized spacial score (nSPS) is 18.8. The van der Waals surface area contributed by atoms with Crippen molar-refractivity contribution in [2.24, 2.45) is 0 Å². The quantitative estimate of drug-likeness (QED) is 0.865. The molecule has 1 heterocycles. The molecule has 2 rings (SSSR count). The molecule has 100 valence electrons. The smallest absolute Gasteiger partial charge is 0.123 e. The van der Waals surface area contributed by atoms with Gasteiger partial charge < -0.3 is 10.1 Å². The lowest BCUT2D eigenvalue weighted by Gasteiger charge is -2.27. The van der Waals surface area contributed by atoms with Crippen molar-refractivity contribution >= 4 is 0 Å². The number of nitrogens with one attached hydrogen (secondary N) is 1. The van der Waals surface area contributed by atoms with Crippen LogP contribution in [-0.2, 0) is 4.74 Å². The number of halogens is 1. The summed E-state index contributed by atoms with van der Waals surface area (Å²) < 4.78 is 18.1. The van der Waals surface area contributed by atoms with Crippen LogP contribution in [0.15, 0.2) is 24.3 Å². The zero-order valence-electron chi connectivity index (χ0n) is 10.9. The van der Waals surface area contributed by atoms with E-state index in [0.29, 0.717) is 0 Å². The lowest BCUT2D eigenvalue weighted by molar-refractivity contribution is 0.0382. The lowest BCUT2D eigenvalue weighted by Crippen LogP contribution is -2.40. The molecule has 0 amide bonds. The first-order chi connectivity index (χ1) is 8.75. The van der Waals surface area contributed by atoms with Crippen molar-refractivity contribution in [3.8, 4) is 0 Å². The van der Waals surface area contributed by atoms with Gasteiger partial charge in [0.15, 0.2) is 0 Å². The largest absolute Gasteiger partial charge is 0.379 e. The SMILES string of the molecule is CC(NCCN1CCOCC1)c1ccc(F)cc1. The first-order valence-electron chi connectivity index (χ1n) is 6.54. The van der Waals surface area contributed by atoms with E-state index in [1.165, 1.54) is 12.1 Å². The van der Waals surface area contributed by atoms with Crippen LogP contribution in [0.1, 0.15) is 18.5 Å². The molecule has 1 unspecified atom stereocenters. The molecule has 1 saturated heterocycles. The van der Waals surface area contributed by atoms with Crippen LogP contribution in [0.5, 0.6) is 0 Å². The summed E-state index contributed by atoms with van der Waals surface area (Å²) >= 11 is 0.